The number of urea groups is 1. The molecule has 0 aliphatic carbocycles. The third-order valence-electron chi connectivity index (χ3n) is 4.52. The molecule has 7 heteroatoms. The highest BCUT2D eigenvalue weighted by atomic mass is 16.5. The van der Waals surface area contributed by atoms with E-state index in [2.05, 4.69) is 17.6 Å². The van der Waals surface area contributed by atoms with Crippen LogP contribution in [0.4, 0.5) is 4.79 Å². The van der Waals surface area contributed by atoms with Gasteiger partial charge in [0.15, 0.2) is 0 Å². The molecule has 0 radical (unpaired) electrons. The minimum absolute atomic E-state index is 0.0605. The topological polar surface area (TPSA) is 97.6 Å². The fourth-order valence-corrected chi connectivity index (χ4v) is 2.95. The number of hydrogen-bond acceptors (Lipinski definition) is 5. The number of ether oxygens (including phenoxy) is 1. The smallest absolute Gasteiger partial charge is 0.321 e. The number of carbonyl (C=O) groups excluding carboxylic acids is 3. The van der Waals surface area contributed by atoms with Crippen LogP contribution in [0.3, 0.4) is 0 Å². The van der Waals surface area contributed by atoms with Crippen LogP contribution in [0.15, 0.2) is 59.2 Å². The zero-order valence-electron chi connectivity index (χ0n) is 16.2. The van der Waals surface area contributed by atoms with Gasteiger partial charge in [0.05, 0.1) is 12.7 Å². The highest BCUT2D eigenvalue weighted by Crippen LogP contribution is 2.25. The van der Waals surface area contributed by atoms with Gasteiger partial charge < -0.3 is 14.5 Å². The molecule has 2 N–H and O–H groups in total. The minimum atomic E-state index is -1.24. The zero-order valence-corrected chi connectivity index (χ0v) is 16.2. The average molecular weight is 394 g/mol. The zero-order chi connectivity index (χ0) is 20.8. The summed E-state index contributed by atoms with van der Waals surface area (Å²) >= 11 is 0. The molecule has 29 heavy (non-hydrogen) atoms. The number of rotatable bonds is 6. The fourth-order valence-electron chi connectivity index (χ4n) is 2.95. The van der Waals surface area contributed by atoms with E-state index in [0.717, 1.165) is 17.4 Å². The first kappa shape index (κ1) is 20.1. The van der Waals surface area contributed by atoms with Crippen molar-refractivity contribution >= 4 is 28.9 Å². The third-order valence-corrected chi connectivity index (χ3v) is 4.52. The lowest BCUT2D eigenvalue weighted by atomic mass is 10.1. The van der Waals surface area contributed by atoms with Crippen molar-refractivity contribution < 1.29 is 23.5 Å². The normalized spacial score (nSPS) is 11.7. The van der Waals surface area contributed by atoms with Crippen molar-refractivity contribution in [3.8, 4) is 0 Å². The summed E-state index contributed by atoms with van der Waals surface area (Å²) in [4.78, 5) is 36.5. The summed E-state index contributed by atoms with van der Waals surface area (Å²) in [5.41, 5.74) is 2.97. The van der Waals surface area contributed by atoms with Gasteiger partial charge in [-0.25, -0.2) is 4.79 Å². The number of hydrogen-bond donors (Lipinski definition) is 2. The lowest BCUT2D eigenvalue weighted by molar-refractivity contribution is -0.155. The first-order valence-corrected chi connectivity index (χ1v) is 9.27. The van der Waals surface area contributed by atoms with Gasteiger partial charge in [-0.2, -0.15) is 0 Å². The summed E-state index contributed by atoms with van der Waals surface area (Å²) in [5.74, 6) is -1.33. The Balaban J connectivity index is 1.78. The number of aryl methyl sites for hydroxylation is 1. The standard InChI is InChI=1S/C22H22N2O5/c1-3-14-9-10-17-16(13-28-18(17)11-14)12-19(25)29-20(15-7-5-4-6-8-15)21(26)24-22(27)23-2/h4-11,13,20H,3,12H2,1-2H3,(H2,23,24,26,27)/t20-/m0/s1. The van der Waals surface area contributed by atoms with Crippen molar-refractivity contribution in [2.75, 3.05) is 7.05 Å². The molecule has 0 aliphatic heterocycles. The van der Waals surface area contributed by atoms with Crippen LogP contribution in [0.2, 0.25) is 0 Å². The van der Waals surface area contributed by atoms with Crippen LogP contribution >= 0.6 is 0 Å². The molecule has 0 saturated heterocycles. The number of furan rings is 1. The fraction of sp³-hybridized carbons (Fsp3) is 0.227. The summed E-state index contributed by atoms with van der Waals surface area (Å²) in [6.45, 7) is 2.05. The Morgan fingerprint density at radius 1 is 1.10 bits per heavy atom. The lowest BCUT2D eigenvalue weighted by Gasteiger charge is -2.17. The maximum atomic E-state index is 12.6. The number of carbonyl (C=O) groups is 3. The Morgan fingerprint density at radius 2 is 1.86 bits per heavy atom. The third kappa shape index (κ3) is 4.82. The summed E-state index contributed by atoms with van der Waals surface area (Å²) in [7, 11) is 1.39. The van der Waals surface area contributed by atoms with Crippen molar-refractivity contribution in [3.63, 3.8) is 0 Å². The Morgan fingerprint density at radius 3 is 2.55 bits per heavy atom. The van der Waals surface area contributed by atoms with Crippen LogP contribution < -0.4 is 10.6 Å². The number of amides is 3. The highest BCUT2D eigenvalue weighted by Gasteiger charge is 2.26. The molecule has 1 atom stereocenters. The summed E-state index contributed by atoms with van der Waals surface area (Å²) in [6, 6.07) is 13.7. The van der Waals surface area contributed by atoms with Crippen LogP contribution in [0.1, 0.15) is 29.7 Å². The second-order valence-electron chi connectivity index (χ2n) is 6.47. The number of imide groups is 1. The Labute approximate surface area is 168 Å². The first-order valence-electron chi connectivity index (χ1n) is 9.27. The summed E-state index contributed by atoms with van der Waals surface area (Å²) in [6.07, 6.45) is 1.10. The van der Waals surface area contributed by atoms with E-state index in [9.17, 15) is 14.4 Å². The van der Waals surface area contributed by atoms with Crippen molar-refractivity contribution in [1.82, 2.24) is 10.6 Å². The van der Waals surface area contributed by atoms with E-state index in [1.165, 1.54) is 13.3 Å². The van der Waals surface area contributed by atoms with Gasteiger partial charge in [0.2, 0.25) is 6.10 Å². The van der Waals surface area contributed by atoms with Gasteiger partial charge in [-0.15, -0.1) is 0 Å². The maximum absolute atomic E-state index is 12.6. The molecule has 3 amide bonds. The quantitative estimate of drug-likeness (QED) is 0.626. The van der Waals surface area contributed by atoms with E-state index in [4.69, 9.17) is 9.15 Å². The van der Waals surface area contributed by atoms with Gasteiger partial charge in [-0.1, -0.05) is 49.4 Å². The number of fused-ring (bicyclic) bond motifs is 1. The molecule has 3 rings (SSSR count). The second-order valence-corrected chi connectivity index (χ2v) is 6.47. The molecule has 3 aromatic rings. The van der Waals surface area contributed by atoms with Gasteiger partial charge in [0.1, 0.15) is 5.58 Å². The Hall–Kier alpha value is -3.61. The van der Waals surface area contributed by atoms with E-state index in [0.29, 0.717) is 16.7 Å². The lowest BCUT2D eigenvalue weighted by Crippen LogP contribution is -2.41. The molecule has 1 heterocycles. The molecule has 2 aromatic carbocycles. The minimum Gasteiger partial charge on any atom is -0.464 e. The molecule has 0 saturated carbocycles. The van der Waals surface area contributed by atoms with Crippen molar-refractivity contribution in [3.05, 3.63) is 71.5 Å². The van der Waals surface area contributed by atoms with Gasteiger partial charge in [0, 0.05) is 23.6 Å². The average Bonchev–Trinajstić information content (AvgIpc) is 3.14. The molecule has 7 nitrogen and oxygen atoms in total. The van der Waals surface area contributed by atoms with Crippen molar-refractivity contribution in [2.45, 2.75) is 25.9 Å². The van der Waals surface area contributed by atoms with Crippen LogP contribution in [0.25, 0.3) is 11.0 Å². The van der Waals surface area contributed by atoms with Crippen molar-refractivity contribution in [2.24, 2.45) is 0 Å². The van der Waals surface area contributed by atoms with E-state index in [1.807, 2.05) is 18.2 Å². The van der Waals surface area contributed by atoms with Crippen LogP contribution in [0, 0.1) is 0 Å². The van der Waals surface area contributed by atoms with E-state index in [-0.39, 0.29) is 6.42 Å². The molecular weight excluding hydrogens is 372 g/mol. The Bertz CT molecular complexity index is 1030. The monoisotopic (exact) mass is 394 g/mol. The maximum Gasteiger partial charge on any atom is 0.321 e. The molecule has 0 fully saturated rings. The predicted molar refractivity (Wildman–Crippen MR) is 107 cm³/mol. The molecular formula is C22H22N2O5. The molecule has 0 aliphatic rings. The van der Waals surface area contributed by atoms with E-state index < -0.39 is 24.0 Å². The number of esters is 1. The Kier molecular flexibility index (Phi) is 6.29. The second kappa shape index (κ2) is 9.05. The number of benzene rings is 2. The van der Waals surface area contributed by atoms with Crippen molar-refractivity contribution in [1.29, 1.82) is 0 Å². The molecule has 1 aromatic heterocycles. The highest BCUT2D eigenvalue weighted by molar-refractivity contribution is 5.98. The van der Waals surface area contributed by atoms with Crippen LogP contribution in [-0.4, -0.2) is 25.0 Å². The van der Waals surface area contributed by atoms with E-state index >= 15 is 0 Å². The van der Waals surface area contributed by atoms with Gasteiger partial charge >= 0.3 is 12.0 Å². The largest absolute Gasteiger partial charge is 0.464 e. The molecule has 0 bridgehead atoms. The van der Waals surface area contributed by atoms with Gasteiger partial charge in [-0.05, 0) is 18.1 Å². The summed E-state index contributed by atoms with van der Waals surface area (Å²) in [5, 5.41) is 5.27. The van der Waals surface area contributed by atoms with Crippen LogP contribution in [0.5, 0.6) is 0 Å². The molecule has 150 valence electrons. The molecule has 0 spiro atoms. The van der Waals surface area contributed by atoms with Gasteiger partial charge in [0.25, 0.3) is 5.91 Å². The molecule has 0 unspecified atom stereocenters. The van der Waals surface area contributed by atoms with E-state index in [1.54, 1.807) is 30.3 Å². The SMILES string of the molecule is CCc1ccc2c(CC(=O)O[C@H](C(=O)NC(=O)NC)c3ccccc3)coc2c1. The predicted octanol–water partition coefficient (Wildman–Crippen LogP) is 3.28. The van der Waals surface area contributed by atoms with Gasteiger partial charge in [-0.3, -0.25) is 14.9 Å². The van der Waals surface area contributed by atoms with Crippen LogP contribution in [-0.2, 0) is 27.2 Å². The number of nitrogens with one attached hydrogen (secondary N) is 2. The first-order chi connectivity index (χ1) is 14.0. The summed E-state index contributed by atoms with van der Waals surface area (Å²) < 4.78 is 11.0.